The molecule has 1 aliphatic carbocycles. The Labute approximate surface area is 217 Å². The predicted molar refractivity (Wildman–Crippen MR) is 133 cm³/mol. The first kappa shape index (κ1) is 23.7. The van der Waals surface area contributed by atoms with Gasteiger partial charge in [0.05, 0.1) is 28.6 Å². The minimum atomic E-state index is -2.17. The second-order valence-corrected chi connectivity index (χ2v) is 10.3. The Morgan fingerprint density at radius 1 is 0.892 bits per heavy atom. The summed E-state index contributed by atoms with van der Waals surface area (Å²) < 4.78 is 20.1. The van der Waals surface area contributed by atoms with Crippen LogP contribution >= 0.6 is 11.6 Å². The summed E-state index contributed by atoms with van der Waals surface area (Å²) in [4.78, 5) is 56.2. The molecular weight excluding hydrogens is 497 g/mol. The number of hydrogen-bond donors (Lipinski definition) is 0. The number of nitrogens with zero attached hydrogens (tertiary/aromatic N) is 1. The molecule has 2 aliphatic heterocycles. The summed E-state index contributed by atoms with van der Waals surface area (Å²) in [6.07, 6.45) is -1.02. The van der Waals surface area contributed by atoms with Gasteiger partial charge in [-0.2, -0.15) is 0 Å². The first-order chi connectivity index (χ1) is 17.7. The third kappa shape index (κ3) is 3.14. The Bertz CT molecular complexity index is 1480. The van der Waals surface area contributed by atoms with Crippen molar-refractivity contribution in [2.75, 3.05) is 4.90 Å². The number of ether oxygens (including phenoxy) is 1. The molecular formula is C29H21ClFNO5. The number of amides is 2. The van der Waals surface area contributed by atoms with Crippen LogP contribution in [0.5, 0.6) is 0 Å². The summed E-state index contributed by atoms with van der Waals surface area (Å²) >= 11 is 5.94. The molecule has 0 saturated carbocycles. The lowest BCUT2D eigenvalue weighted by Crippen LogP contribution is -2.51. The van der Waals surface area contributed by atoms with Crippen LogP contribution in [0.4, 0.5) is 10.1 Å². The number of imide groups is 1. The molecule has 2 heterocycles. The van der Waals surface area contributed by atoms with Gasteiger partial charge in [0.2, 0.25) is 29.0 Å². The van der Waals surface area contributed by atoms with E-state index in [-0.39, 0.29) is 27.8 Å². The maximum Gasteiger partial charge on any atom is 0.241 e. The number of anilines is 1. The van der Waals surface area contributed by atoms with E-state index in [0.29, 0.717) is 5.56 Å². The van der Waals surface area contributed by atoms with Gasteiger partial charge in [0, 0.05) is 11.1 Å². The molecule has 37 heavy (non-hydrogen) atoms. The van der Waals surface area contributed by atoms with Crippen LogP contribution in [0, 0.1) is 17.7 Å². The SMILES string of the molecule is CC(C)c1ccc([C@@H]2OC3(C(=O)c4ccccc4C3=O)[C@H]3C(=O)N(c4ccc(F)c(Cl)c4)C(=O)[C@H]23)cc1. The van der Waals surface area contributed by atoms with Gasteiger partial charge < -0.3 is 4.74 Å². The van der Waals surface area contributed by atoms with E-state index >= 15 is 0 Å². The molecule has 2 fully saturated rings. The summed E-state index contributed by atoms with van der Waals surface area (Å²) in [5, 5.41) is -0.262. The first-order valence-corrected chi connectivity index (χ1v) is 12.3. The molecule has 0 unspecified atom stereocenters. The van der Waals surface area contributed by atoms with Crippen molar-refractivity contribution in [2.24, 2.45) is 11.8 Å². The van der Waals surface area contributed by atoms with E-state index in [2.05, 4.69) is 0 Å². The van der Waals surface area contributed by atoms with Gasteiger partial charge in [-0.3, -0.25) is 19.2 Å². The zero-order chi connectivity index (χ0) is 26.2. The molecule has 0 aromatic heterocycles. The third-order valence-corrected chi connectivity index (χ3v) is 7.90. The van der Waals surface area contributed by atoms with Gasteiger partial charge in [-0.25, -0.2) is 9.29 Å². The van der Waals surface area contributed by atoms with Gasteiger partial charge in [0.25, 0.3) is 0 Å². The average molecular weight is 518 g/mol. The standard InChI is InChI=1S/C29H21ClFNO5/c1-14(2)15-7-9-16(10-8-15)24-22-23(28(36)32(27(22)35)17-11-12-21(31)20(30)13-17)29(37-24)25(33)18-5-3-4-6-19(18)26(29)34/h3-14,22-24H,1-2H3/t22-,23+,24-/m0/s1. The third-order valence-electron chi connectivity index (χ3n) is 7.61. The van der Waals surface area contributed by atoms with Crippen molar-refractivity contribution in [1.29, 1.82) is 0 Å². The molecule has 186 valence electrons. The van der Waals surface area contributed by atoms with E-state index in [9.17, 15) is 23.6 Å². The Morgan fingerprint density at radius 2 is 1.51 bits per heavy atom. The quantitative estimate of drug-likeness (QED) is 0.348. The highest BCUT2D eigenvalue weighted by Crippen LogP contribution is 2.57. The van der Waals surface area contributed by atoms with Crippen LogP contribution in [0.15, 0.2) is 66.7 Å². The van der Waals surface area contributed by atoms with E-state index in [0.717, 1.165) is 16.5 Å². The van der Waals surface area contributed by atoms with Gasteiger partial charge in [-0.1, -0.05) is 74.0 Å². The normalized spacial score (nSPS) is 23.9. The van der Waals surface area contributed by atoms with Gasteiger partial charge in [0.15, 0.2) is 0 Å². The summed E-state index contributed by atoms with van der Waals surface area (Å²) in [5.74, 6) is -5.62. The van der Waals surface area contributed by atoms with E-state index in [1.54, 1.807) is 24.3 Å². The lowest BCUT2D eigenvalue weighted by atomic mass is 9.77. The maximum absolute atomic E-state index is 13.9. The van der Waals surface area contributed by atoms with Crippen LogP contribution in [-0.4, -0.2) is 29.0 Å². The summed E-state index contributed by atoms with van der Waals surface area (Å²) in [7, 11) is 0. The average Bonchev–Trinajstić information content (AvgIpc) is 3.46. The van der Waals surface area contributed by atoms with Crippen LogP contribution < -0.4 is 4.90 Å². The highest BCUT2D eigenvalue weighted by atomic mass is 35.5. The highest BCUT2D eigenvalue weighted by Gasteiger charge is 2.74. The maximum atomic E-state index is 13.9. The van der Waals surface area contributed by atoms with E-state index in [1.807, 2.05) is 26.0 Å². The first-order valence-electron chi connectivity index (χ1n) is 12.0. The fourth-order valence-electron chi connectivity index (χ4n) is 5.77. The number of fused-ring (bicyclic) bond motifs is 3. The second kappa shape index (κ2) is 8.16. The predicted octanol–water partition coefficient (Wildman–Crippen LogP) is 5.30. The monoisotopic (exact) mass is 517 g/mol. The molecule has 6 nitrogen and oxygen atoms in total. The topological polar surface area (TPSA) is 80.8 Å². The van der Waals surface area contributed by atoms with Crippen molar-refractivity contribution in [1.82, 2.24) is 0 Å². The van der Waals surface area contributed by atoms with E-state index in [1.165, 1.54) is 24.3 Å². The van der Waals surface area contributed by atoms with Crippen molar-refractivity contribution in [3.8, 4) is 0 Å². The largest absolute Gasteiger partial charge is 0.349 e. The van der Waals surface area contributed by atoms with Gasteiger partial charge >= 0.3 is 0 Å². The molecule has 2 amide bonds. The van der Waals surface area contributed by atoms with Crippen molar-refractivity contribution in [3.05, 3.63) is 99.8 Å². The molecule has 3 aliphatic rings. The molecule has 0 N–H and O–H groups in total. The number of hydrogen-bond acceptors (Lipinski definition) is 5. The number of benzene rings is 3. The van der Waals surface area contributed by atoms with Crippen molar-refractivity contribution >= 4 is 40.7 Å². The number of carbonyl (C=O) groups is 4. The molecule has 8 heteroatoms. The molecule has 0 bridgehead atoms. The van der Waals surface area contributed by atoms with Crippen LogP contribution in [0.2, 0.25) is 5.02 Å². The van der Waals surface area contributed by atoms with Gasteiger partial charge in [0.1, 0.15) is 5.82 Å². The fourth-order valence-corrected chi connectivity index (χ4v) is 5.94. The smallest absolute Gasteiger partial charge is 0.241 e. The van der Waals surface area contributed by atoms with Crippen LogP contribution in [0.3, 0.4) is 0 Å². The summed E-state index contributed by atoms with van der Waals surface area (Å²) in [5.41, 5.74) is -0.148. The molecule has 3 aromatic carbocycles. The fraction of sp³-hybridized carbons (Fsp3) is 0.241. The lowest BCUT2D eigenvalue weighted by molar-refractivity contribution is -0.127. The summed E-state index contributed by atoms with van der Waals surface area (Å²) in [6, 6.07) is 17.2. The zero-order valence-electron chi connectivity index (χ0n) is 19.9. The number of carbonyl (C=O) groups excluding carboxylic acids is 4. The zero-order valence-corrected chi connectivity index (χ0v) is 20.7. The molecule has 0 radical (unpaired) electrons. The van der Waals surface area contributed by atoms with Crippen molar-refractivity contribution in [2.45, 2.75) is 31.5 Å². The van der Waals surface area contributed by atoms with E-state index in [4.69, 9.17) is 16.3 Å². The minimum absolute atomic E-state index is 0.0651. The van der Waals surface area contributed by atoms with Crippen LogP contribution in [0.25, 0.3) is 0 Å². The number of ketones is 2. The Hall–Kier alpha value is -3.68. The number of Topliss-reactive ketones (excluding diaryl/α,β-unsaturated/α-hetero) is 2. The van der Waals surface area contributed by atoms with E-state index < -0.39 is 52.7 Å². The molecule has 1 spiro atoms. The minimum Gasteiger partial charge on any atom is -0.349 e. The lowest BCUT2D eigenvalue weighted by Gasteiger charge is -2.27. The van der Waals surface area contributed by atoms with Crippen molar-refractivity contribution in [3.63, 3.8) is 0 Å². The molecule has 3 aromatic rings. The van der Waals surface area contributed by atoms with Gasteiger partial charge in [-0.15, -0.1) is 0 Å². The van der Waals surface area contributed by atoms with Crippen molar-refractivity contribution < 1.29 is 28.3 Å². The number of rotatable bonds is 3. The Morgan fingerprint density at radius 3 is 2.08 bits per heavy atom. The molecule has 2 saturated heterocycles. The summed E-state index contributed by atoms with van der Waals surface area (Å²) in [6.45, 7) is 4.09. The second-order valence-electron chi connectivity index (χ2n) is 9.91. The van der Waals surface area contributed by atoms with Crippen LogP contribution in [-0.2, 0) is 14.3 Å². The Kier molecular flexibility index (Phi) is 5.23. The number of halogens is 2. The van der Waals surface area contributed by atoms with Crippen LogP contribution in [0.1, 0.15) is 57.7 Å². The highest BCUT2D eigenvalue weighted by molar-refractivity contribution is 6.37. The molecule has 6 rings (SSSR count). The molecule has 3 atom stereocenters. The van der Waals surface area contributed by atoms with Gasteiger partial charge in [-0.05, 0) is 35.2 Å². The Balaban J connectivity index is 1.52.